The van der Waals surface area contributed by atoms with Crippen LogP contribution >= 0.6 is 0 Å². The molecule has 0 fully saturated rings. The third kappa shape index (κ3) is 3.98. The molecule has 0 spiro atoms. The lowest BCUT2D eigenvalue weighted by Gasteiger charge is -2.32. The Morgan fingerprint density at radius 1 is 1.23 bits per heavy atom. The number of hydrogen-bond donors (Lipinski definition) is 0. The minimum atomic E-state index is -0.372. The van der Waals surface area contributed by atoms with Gasteiger partial charge in [-0.15, -0.1) is 0 Å². The van der Waals surface area contributed by atoms with E-state index in [4.69, 9.17) is 4.74 Å². The molecule has 0 saturated carbocycles. The Labute approximate surface area is 155 Å². The Balaban J connectivity index is 1.88. The van der Waals surface area contributed by atoms with Crippen LogP contribution in [0.25, 0.3) is 6.08 Å². The van der Waals surface area contributed by atoms with E-state index in [0.717, 1.165) is 24.1 Å². The van der Waals surface area contributed by atoms with Crippen LogP contribution in [0.5, 0.6) is 5.75 Å². The fourth-order valence-corrected chi connectivity index (χ4v) is 3.28. The summed E-state index contributed by atoms with van der Waals surface area (Å²) in [6.45, 7) is 8.83. The third-order valence-electron chi connectivity index (χ3n) is 4.83. The number of rotatable bonds is 5. The van der Waals surface area contributed by atoms with E-state index < -0.39 is 0 Å². The van der Waals surface area contributed by atoms with Crippen molar-refractivity contribution >= 4 is 6.08 Å². The Bertz CT molecular complexity index is 902. The maximum Gasteiger partial charge on any atom is 0.262 e. The van der Waals surface area contributed by atoms with Gasteiger partial charge < -0.3 is 9.30 Å². The minimum Gasteiger partial charge on any atom is -0.483 e. The molecule has 0 amide bonds. The molecular formula is C23H27NO2. The zero-order valence-electron chi connectivity index (χ0n) is 16.1. The molecule has 136 valence electrons. The molecule has 0 N–H and O–H groups in total. The molecule has 3 heteroatoms. The van der Waals surface area contributed by atoms with Crippen LogP contribution in [0.1, 0.15) is 50.4 Å². The molecule has 0 aliphatic carbocycles. The van der Waals surface area contributed by atoms with Crippen LogP contribution in [0.15, 0.2) is 58.9 Å². The van der Waals surface area contributed by atoms with Crippen LogP contribution in [-0.2, 0) is 6.54 Å². The summed E-state index contributed by atoms with van der Waals surface area (Å²) in [5.41, 5.74) is 3.62. The van der Waals surface area contributed by atoms with Gasteiger partial charge in [0, 0.05) is 11.8 Å². The Morgan fingerprint density at radius 3 is 2.65 bits per heavy atom. The first-order valence-electron chi connectivity index (χ1n) is 9.18. The molecule has 2 heterocycles. The summed E-state index contributed by atoms with van der Waals surface area (Å²) in [6, 6.07) is 12.0. The molecule has 1 unspecified atom stereocenters. The van der Waals surface area contributed by atoms with E-state index in [9.17, 15) is 4.79 Å². The van der Waals surface area contributed by atoms with Crippen molar-refractivity contribution in [2.75, 3.05) is 0 Å². The average molecular weight is 349 g/mol. The number of nitrogens with zero attached hydrogens (tertiary/aromatic N) is 1. The monoisotopic (exact) mass is 349 g/mol. The zero-order chi connectivity index (χ0) is 18.7. The molecule has 1 aromatic carbocycles. The van der Waals surface area contributed by atoms with Gasteiger partial charge in [0.2, 0.25) is 0 Å². The normalized spacial score (nSPS) is 18.2. The minimum absolute atomic E-state index is 0.00597. The van der Waals surface area contributed by atoms with Gasteiger partial charge in [-0.1, -0.05) is 42.0 Å². The quantitative estimate of drug-likeness (QED) is 0.702. The van der Waals surface area contributed by atoms with Crippen molar-refractivity contribution < 1.29 is 4.74 Å². The first-order valence-corrected chi connectivity index (χ1v) is 9.18. The van der Waals surface area contributed by atoms with Gasteiger partial charge in [-0.3, -0.25) is 4.79 Å². The first-order chi connectivity index (χ1) is 12.4. The van der Waals surface area contributed by atoms with Gasteiger partial charge in [0.25, 0.3) is 5.56 Å². The number of pyridine rings is 1. The van der Waals surface area contributed by atoms with Crippen molar-refractivity contribution in [3.63, 3.8) is 0 Å². The van der Waals surface area contributed by atoms with E-state index >= 15 is 0 Å². The fourth-order valence-electron chi connectivity index (χ4n) is 3.28. The summed E-state index contributed by atoms with van der Waals surface area (Å²) < 4.78 is 8.05. The highest BCUT2D eigenvalue weighted by molar-refractivity contribution is 5.60. The van der Waals surface area contributed by atoms with Crippen molar-refractivity contribution in [3.05, 3.63) is 81.3 Å². The second kappa shape index (κ2) is 7.36. The van der Waals surface area contributed by atoms with E-state index in [0.29, 0.717) is 17.9 Å². The number of ether oxygens (including phenoxy) is 1. The zero-order valence-corrected chi connectivity index (χ0v) is 16.1. The van der Waals surface area contributed by atoms with Gasteiger partial charge in [0.15, 0.2) is 0 Å². The number of fused-ring (bicyclic) bond motifs is 1. The maximum absolute atomic E-state index is 13.0. The van der Waals surface area contributed by atoms with Crippen molar-refractivity contribution in [1.29, 1.82) is 0 Å². The molecular weight excluding hydrogens is 322 g/mol. The number of aromatic nitrogens is 1. The van der Waals surface area contributed by atoms with Gasteiger partial charge in [-0.2, -0.15) is 0 Å². The lowest BCUT2D eigenvalue weighted by molar-refractivity contribution is 0.128. The lowest BCUT2D eigenvalue weighted by Crippen LogP contribution is -2.35. The third-order valence-corrected chi connectivity index (χ3v) is 4.83. The molecule has 1 atom stereocenters. The number of allylic oxidation sites excluding steroid dienone is 2. The number of hydrogen-bond acceptors (Lipinski definition) is 2. The van der Waals surface area contributed by atoms with Crippen LogP contribution in [0, 0.1) is 6.92 Å². The summed E-state index contributed by atoms with van der Waals surface area (Å²) >= 11 is 0. The molecule has 26 heavy (non-hydrogen) atoms. The summed E-state index contributed by atoms with van der Waals surface area (Å²) in [5.74, 6) is 0.694. The van der Waals surface area contributed by atoms with E-state index in [-0.39, 0.29) is 11.2 Å². The van der Waals surface area contributed by atoms with E-state index in [1.54, 1.807) is 0 Å². The van der Waals surface area contributed by atoms with E-state index in [1.807, 2.05) is 60.0 Å². The summed E-state index contributed by atoms with van der Waals surface area (Å²) in [6.07, 6.45) is 8.03. The van der Waals surface area contributed by atoms with Crippen LogP contribution in [-0.4, -0.2) is 10.2 Å². The van der Waals surface area contributed by atoms with Crippen LogP contribution in [0.2, 0.25) is 0 Å². The largest absolute Gasteiger partial charge is 0.483 e. The summed E-state index contributed by atoms with van der Waals surface area (Å²) in [4.78, 5) is 13.0. The molecule has 3 nitrogen and oxygen atoms in total. The van der Waals surface area contributed by atoms with Crippen LogP contribution in [0.4, 0.5) is 0 Å². The highest BCUT2D eigenvalue weighted by atomic mass is 16.5. The second-order valence-electron chi connectivity index (χ2n) is 7.51. The Kier molecular flexibility index (Phi) is 5.17. The highest BCUT2D eigenvalue weighted by Gasteiger charge is 2.28. The summed E-state index contributed by atoms with van der Waals surface area (Å²) in [7, 11) is 0. The highest BCUT2D eigenvalue weighted by Crippen LogP contribution is 2.32. The second-order valence-corrected chi connectivity index (χ2v) is 7.51. The van der Waals surface area contributed by atoms with Gasteiger partial charge >= 0.3 is 0 Å². The lowest BCUT2D eigenvalue weighted by atomic mass is 9.95. The average Bonchev–Trinajstić information content (AvgIpc) is 2.59. The van der Waals surface area contributed by atoms with Crippen LogP contribution in [0.3, 0.4) is 0 Å². The van der Waals surface area contributed by atoms with Gasteiger partial charge in [-0.05, 0) is 58.3 Å². The van der Waals surface area contributed by atoms with Gasteiger partial charge in [0.1, 0.15) is 11.4 Å². The molecule has 2 aromatic rings. The standard InChI is InChI=1S/C23H27NO2/c1-17(2)9-8-13-23(4)14-12-20-21(26-23)15-18(3)24(22(20)25)16-19-10-6-5-7-11-19/h5-7,9-12,14-15H,8,13,16H2,1-4H3. The topological polar surface area (TPSA) is 31.2 Å². The molecule has 1 aromatic heterocycles. The molecule has 0 bridgehead atoms. The van der Waals surface area contributed by atoms with Crippen molar-refractivity contribution in [1.82, 2.24) is 4.57 Å². The molecule has 0 radical (unpaired) electrons. The van der Waals surface area contributed by atoms with Gasteiger partial charge in [-0.25, -0.2) is 0 Å². The maximum atomic E-state index is 13.0. The van der Waals surface area contributed by atoms with Crippen molar-refractivity contribution in [3.8, 4) is 5.75 Å². The molecule has 1 aliphatic rings. The van der Waals surface area contributed by atoms with E-state index in [1.165, 1.54) is 5.57 Å². The first kappa shape index (κ1) is 18.2. The smallest absolute Gasteiger partial charge is 0.262 e. The predicted molar refractivity (Wildman–Crippen MR) is 108 cm³/mol. The Morgan fingerprint density at radius 2 is 1.96 bits per heavy atom. The van der Waals surface area contributed by atoms with Crippen molar-refractivity contribution in [2.24, 2.45) is 0 Å². The Hall–Kier alpha value is -2.55. The number of benzene rings is 1. The fraction of sp³-hybridized carbons (Fsp3) is 0.348. The SMILES string of the molecule is CC(C)=CCCC1(C)C=Cc2c(cc(C)n(Cc3ccccc3)c2=O)O1. The molecule has 3 rings (SSSR count). The van der Waals surface area contributed by atoms with Gasteiger partial charge in [0.05, 0.1) is 12.1 Å². The molecule has 0 saturated heterocycles. The summed E-state index contributed by atoms with van der Waals surface area (Å²) in [5, 5.41) is 0. The van der Waals surface area contributed by atoms with Crippen LogP contribution < -0.4 is 10.3 Å². The van der Waals surface area contributed by atoms with E-state index in [2.05, 4.69) is 26.8 Å². The van der Waals surface area contributed by atoms with Crippen molar-refractivity contribution in [2.45, 2.75) is 52.7 Å². The molecule has 1 aliphatic heterocycles. The number of aryl methyl sites for hydroxylation is 1. The predicted octanol–water partition coefficient (Wildman–Crippen LogP) is 5.12.